The lowest BCUT2D eigenvalue weighted by Gasteiger charge is -2.26. The van der Waals surface area contributed by atoms with E-state index in [-0.39, 0.29) is 11.8 Å². The maximum Gasteiger partial charge on any atom is 0.421 e. The number of nitrogens with zero attached hydrogens (tertiary/aromatic N) is 5. The van der Waals surface area contributed by atoms with E-state index in [1.165, 1.54) is 7.05 Å². The Kier molecular flexibility index (Phi) is 5.57. The zero-order valence-electron chi connectivity index (χ0n) is 14.3. The van der Waals surface area contributed by atoms with Crippen molar-refractivity contribution in [3.05, 3.63) is 24.2 Å². The molecular formula is C15H20F3N7O. The van der Waals surface area contributed by atoms with Gasteiger partial charge in [-0.15, -0.1) is 0 Å². The number of alkyl halides is 3. The second-order valence-electron chi connectivity index (χ2n) is 5.77. The number of anilines is 3. The summed E-state index contributed by atoms with van der Waals surface area (Å²) in [4.78, 5) is 9.89. The van der Waals surface area contributed by atoms with E-state index in [1.54, 1.807) is 17.1 Å². The summed E-state index contributed by atoms with van der Waals surface area (Å²) in [5, 5.41) is 9.55. The molecule has 0 unspecified atom stereocenters. The summed E-state index contributed by atoms with van der Waals surface area (Å²) in [6.07, 6.45) is -0.412. The number of hydrogen-bond acceptors (Lipinski definition) is 7. The Morgan fingerprint density at radius 2 is 1.96 bits per heavy atom. The quantitative estimate of drug-likeness (QED) is 0.802. The molecule has 0 radical (unpaired) electrons. The number of nitrogens with one attached hydrogen (secondary N) is 2. The maximum atomic E-state index is 12.9. The Hall–Kier alpha value is -2.40. The van der Waals surface area contributed by atoms with Crippen molar-refractivity contribution in [1.29, 1.82) is 0 Å². The fourth-order valence-corrected chi connectivity index (χ4v) is 2.59. The molecule has 0 bridgehead atoms. The molecule has 2 N–H and O–H groups in total. The fraction of sp³-hybridized carbons (Fsp3) is 0.533. The van der Waals surface area contributed by atoms with Crippen molar-refractivity contribution in [3.8, 4) is 0 Å². The van der Waals surface area contributed by atoms with Crippen LogP contribution in [0.4, 0.5) is 30.6 Å². The van der Waals surface area contributed by atoms with Gasteiger partial charge in [-0.1, -0.05) is 0 Å². The van der Waals surface area contributed by atoms with Crippen molar-refractivity contribution in [1.82, 2.24) is 24.6 Å². The normalized spacial score (nSPS) is 15.8. The predicted molar refractivity (Wildman–Crippen MR) is 89.3 cm³/mol. The lowest BCUT2D eigenvalue weighted by atomic mass is 10.3. The van der Waals surface area contributed by atoms with Gasteiger partial charge in [-0.05, 0) is 0 Å². The molecule has 1 aliphatic rings. The van der Waals surface area contributed by atoms with Crippen LogP contribution in [0.2, 0.25) is 0 Å². The number of hydrogen-bond donors (Lipinski definition) is 2. The molecule has 0 spiro atoms. The molecule has 2 aromatic rings. The second kappa shape index (κ2) is 7.87. The molecule has 11 heteroatoms. The lowest BCUT2D eigenvalue weighted by molar-refractivity contribution is -0.137. The fourth-order valence-electron chi connectivity index (χ4n) is 2.59. The topological polar surface area (TPSA) is 80.1 Å². The molecule has 8 nitrogen and oxygen atoms in total. The van der Waals surface area contributed by atoms with E-state index in [1.807, 2.05) is 0 Å². The zero-order chi connectivity index (χ0) is 18.6. The summed E-state index contributed by atoms with van der Waals surface area (Å²) in [5.41, 5.74) is -0.305. The smallest absolute Gasteiger partial charge is 0.379 e. The van der Waals surface area contributed by atoms with Gasteiger partial charge in [0.25, 0.3) is 0 Å². The molecule has 1 saturated heterocycles. The molecule has 0 amide bonds. The minimum absolute atomic E-state index is 0.0649. The van der Waals surface area contributed by atoms with Crippen molar-refractivity contribution >= 4 is 17.5 Å². The van der Waals surface area contributed by atoms with Crippen LogP contribution in [-0.2, 0) is 17.5 Å². The van der Waals surface area contributed by atoms with Crippen molar-refractivity contribution in [2.75, 3.05) is 50.5 Å². The largest absolute Gasteiger partial charge is 0.421 e. The minimum atomic E-state index is -4.51. The Morgan fingerprint density at radius 1 is 1.19 bits per heavy atom. The third kappa shape index (κ3) is 4.61. The van der Waals surface area contributed by atoms with Gasteiger partial charge in [0.2, 0.25) is 5.95 Å². The van der Waals surface area contributed by atoms with Gasteiger partial charge < -0.3 is 15.4 Å². The summed E-state index contributed by atoms with van der Waals surface area (Å²) in [7, 11) is 1.38. The van der Waals surface area contributed by atoms with Gasteiger partial charge in [-0.25, -0.2) is 4.98 Å². The summed E-state index contributed by atoms with van der Waals surface area (Å²) < 4.78 is 45.7. The molecule has 0 saturated carbocycles. The van der Waals surface area contributed by atoms with Crippen molar-refractivity contribution in [3.63, 3.8) is 0 Å². The molecular weight excluding hydrogens is 351 g/mol. The van der Waals surface area contributed by atoms with Gasteiger partial charge in [0, 0.05) is 39.1 Å². The first-order valence-corrected chi connectivity index (χ1v) is 8.17. The number of rotatable bonds is 6. The van der Waals surface area contributed by atoms with Crippen molar-refractivity contribution in [2.24, 2.45) is 0 Å². The van der Waals surface area contributed by atoms with Crippen LogP contribution in [-0.4, -0.2) is 64.5 Å². The summed E-state index contributed by atoms with van der Waals surface area (Å²) in [6.45, 7) is 4.84. The molecule has 26 heavy (non-hydrogen) atoms. The highest BCUT2D eigenvalue weighted by Crippen LogP contribution is 2.33. The monoisotopic (exact) mass is 371 g/mol. The van der Waals surface area contributed by atoms with E-state index in [0.29, 0.717) is 12.2 Å². The van der Waals surface area contributed by atoms with E-state index < -0.39 is 11.7 Å². The summed E-state index contributed by atoms with van der Waals surface area (Å²) in [5.74, 6) is -0.218. The van der Waals surface area contributed by atoms with Crippen LogP contribution in [0.5, 0.6) is 0 Å². The van der Waals surface area contributed by atoms with Gasteiger partial charge in [-0.3, -0.25) is 9.58 Å². The van der Waals surface area contributed by atoms with E-state index >= 15 is 0 Å². The highest BCUT2D eigenvalue weighted by molar-refractivity contribution is 5.55. The maximum absolute atomic E-state index is 12.9. The summed E-state index contributed by atoms with van der Waals surface area (Å²) >= 11 is 0. The highest BCUT2D eigenvalue weighted by atomic mass is 19.4. The molecule has 3 heterocycles. The first kappa shape index (κ1) is 18.4. The van der Waals surface area contributed by atoms with E-state index in [0.717, 1.165) is 39.0 Å². The van der Waals surface area contributed by atoms with Gasteiger partial charge >= 0.3 is 6.18 Å². The van der Waals surface area contributed by atoms with Gasteiger partial charge in [0.15, 0.2) is 0 Å². The molecule has 1 aliphatic heterocycles. The third-order valence-corrected chi connectivity index (χ3v) is 3.97. The molecule has 0 aliphatic carbocycles. The third-order valence-electron chi connectivity index (χ3n) is 3.97. The highest BCUT2D eigenvalue weighted by Gasteiger charge is 2.35. The van der Waals surface area contributed by atoms with E-state index in [4.69, 9.17) is 4.74 Å². The standard InChI is InChI=1S/C15H20F3N7O/c1-19-13-12(15(16,17)18)9-20-14(23-13)22-11-8-21-25(10-11)3-2-24-4-6-26-7-5-24/h8-10H,2-7H2,1H3,(H2,19,20,22,23). The molecule has 142 valence electrons. The first-order valence-electron chi connectivity index (χ1n) is 8.17. The molecule has 1 fully saturated rings. The number of halogens is 3. The average Bonchev–Trinajstić information content (AvgIpc) is 3.07. The predicted octanol–water partition coefficient (Wildman–Crippen LogP) is 1.81. The molecule has 0 aromatic carbocycles. The van der Waals surface area contributed by atoms with E-state index in [2.05, 4.69) is 30.6 Å². The Balaban J connectivity index is 1.61. The van der Waals surface area contributed by atoms with Gasteiger partial charge in [0.05, 0.1) is 31.6 Å². The average molecular weight is 371 g/mol. The Morgan fingerprint density at radius 3 is 2.65 bits per heavy atom. The van der Waals surface area contributed by atoms with Crippen LogP contribution in [0.15, 0.2) is 18.6 Å². The van der Waals surface area contributed by atoms with Crippen LogP contribution < -0.4 is 10.6 Å². The molecule has 2 aromatic heterocycles. The van der Waals surface area contributed by atoms with Gasteiger partial charge in [0.1, 0.15) is 11.4 Å². The van der Waals surface area contributed by atoms with Crippen molar-refractivity contribution in [2.45, 2.75) is 12.7 Å². The zero-order valence-corrected chi connectivity index (χ0v) is 14.3. The van der Waals surface area contributed by atoms with Crippen LogP contribution >= 0.6 is 0 Å². The van der Waals surface area contributed by atoms with E-state index in [9.17, 15) is 13.2 Å². The number of morpholine rings is 1. The van der Waals surface area contributed by atoms with Crippen LogP contribution in [0.25, 0.3) is 0 Å². The van der Waals surface area contributed by atoms with Crippen LogP contribution in [0.3, 0.4) is 0 Å². The van der Waals surface area contributed by atoms with Crippen molar-refractivity contribution < 1.29 is 17.9 Å². The molecule has 0 atom stereocenters. The second-order valence-corrected chi connectivity index (χ2v) is 5.77. The van der Waals surface area contributed by atoms with Crippen LogP contribution in [0.1, 0.15) is 5.56 Å². The number of aromatic nitrogens is 4. The van der Waals surface area contributed by atoms with Crippen LogP contribution in [0, 0.1) is 0 Å². The Labute approximate surface area is 148 Å². The first-order chi connectivity index (χ1) is 12.5. The Bertz CT molecular complexity index is 728. The lowest BCUT2D eigenvalue weighted by Crippen LogP contribution is -2.38. The van der Waals surface area contributed by atoms with Gasteiger partial charge in [-0.2, -0.15) is 23.3 Å². The summed E-state index contributed by atoms with van der Waals surface area (Å²) in [6, 6.07) is 0. The molecule has 3 rings (SSSR count). The number of ether oxygens (including phenoxy) is 1. The minimum Gasteiger partial charge on any atom is -0.379 e. The SMILES string of the molecule is CNc1nc(Nc2cnn(CCN3CCOCC3)c2)ncc1C(F)(F)F.